The van der Waals surface area contributed by atoms with Crippen molar-refractivity contribution in [2.75, 3.05) is 0 Å². The molecule has 1 aromatic heterocycles. The molecule has 0 bridgehead atoms. The summed E-state index contributed by atoms with van der Waals surface area (Å²) in [5.41, 5.74) is 2.19. The number of hydrogen-bond donors (Lipinski definition) is 0. The van der Waals surface area contributed by atoms with Gasteiger partial charge in [0, 0.05) is 11.8 Å². The van der Waals surface area contributed by atoms with E-state index in [2.05, 4.69) is 31.0 Å². The number of unbranched alkanes of at least 4 members (excludes halogenated alkanes) is 3. The number of hydrogen-bond acceptors (Lipinski definition) is 1. The van der Waals surface area contributed by atoms with E-state index >= 15 is 0 Å². The van der Waals surface area contributed by atoms with E-state index in [1.807, 2.05) is 42.6 Å². The molecule has 0 radical (unpaired) electrons. The van der Waals surface area contributed by atoms with Crippen LogP contribution in [-0.2, 0) is 0 Å². The molecular formula is C17H23N. The van der Waals surface area contributed by atoms with Crippen LogP contribution in [0.2, 0.25) is 0 Å². The molecule has 0 saturated heterocycles. The van der Waals surface area contributed by atoms with Gasteiger partial charge in [-0.3, -0.25) is 4.98 Å². The molecule has 96 valence electrons. The molecule has 1 heteroatoms. The van der Waals surface area contributed by atoms with Crippen LogP contribution in [0.15, 0.2) is 54.7 Å². The van der Waals surface area contributed by atoms with E-state index in [0.29, 0.717) is 0 Å². The number of nitrogens with zero attached hydrogens (tertiary/aromatic N) is 1. The van der Waals surface area contributed by atoms with Crippen LogP contribution in [0.1, 0.15) is 39.5 Å². The lowest BCUT2D eigenvalue weighted by Crippen LogP contribution is -1.79. The highest BCUT2D eigenvalue weighted by molar-refractivity contribution is 5.58. The Balaban J connectivity index is 0.000000232. The Labute approximate surface area is 111 Å². The van der Waals surface area contributed by atoms with Crippen molar-refractivity contribution in [3.63, 3.8) is 0 Å². The smallest absolute Gasteiger partial charge is 0.0701 e. The zero-order valence-electron chi connectivity index (χ0n) is 11.5. The van der Waals surface area contributed by atoms with Gasteiger partial charge in [0.25, 0.3) is 0 Å². The minimum absolute atomic E-state index is 1.03. The van der Waals surface area contributed by atoms with Crippen molar-refractivity contribution in [3.05, 3.63) is 54.7 Å². The maximum Gasteiger partial charge on any atom is 0.0701 e. The van der Waals surface area contributed by atoms with Gasteiger partial charge in [0.2, 0.25) is 0 Å². The molecule has 0 amide bonds. The van der Waals surface area contributed by atoms with Crippen LogP contribution >= 0.6 is 0 Å². The van der Waals surface area contributed by atoms with E-state index in [1.165, 1.54) is 25.7 Å². The second kappa shape index (κ2) is 9.41. The van der Waals surface area contributed by atoms with Crippen LogP contribution in [0.4, 0.5) is 0 Å². The highest BCUT2D eigenvalue weighted by atomic mass is 14.7. The lowest BCUT2D eigenvalue weighted by Gasteiger charge is -1.97. The molecule has 0 N–H and O–H groups in total. The predicted octanol–water partition coefficient (Wildman–Crippen LogP) is 5.34. The van der Waals surface area contributed by atoms with Crippen LogP contribution in [0.25, 0.3) is 11.3 Å². The lowest BCUT2D eigenvalue weighted by molar-refractivity contribution is 0.702. The quantitative estimate of drug-likeness (QED) is 0.659. The highest BCUT2D eigenvalue weighted by Gasteiger charge is 1.93. The Morgan fingerprint density at radius 3 is 1.89 bits per heavy atom. The predicted molar refractivity (Wildman–Crippen MR) is 79.5 cm³/mol. The first-order chi connectivity index (χ1) is 8.88. The summed E-state index contributed by atoms with van der Waals surface area (Å²) < 4.78 is 0. The second-order valence-corrected chi connectivity index (χ2v) is 4.29. The van der Waals surface area contributed by atoms with Gasteiger partial charge in [-0.2, -0.15) is 0 Å². The fraction of sp³-hybridized carbons (Fsp3) is 0.353. The summed E-state index contributed by atoms with van der Waals surface area (Å²) in [5.74, 6) is 0. The van der Waals surface area contributed by atoms with Crippen molar-refractivity contribution in [1.82, 2.24) is 4.98 Å². The van der Waals surface area contributed by atoms with Crippen molar-refractivity contribution in [2.45, 2.75) is 39.5 Å². The number of rotatable bonds is 4. The number of pyridine rings is 1. The van der Waals surface area contributed by atoms with E-state index in [4.69, 9.17) is 0 Å². The van der Waals surface area contributed by atoms with Crippen LogP contribution in [0.3, 0.4) is 0 Å². The molecule has 2 aromatic rings. The molecule has 0 saturated carbocycles. The molecule has 0 aliphatic rings. The average molecular weight is 241 g/mol. The summed E-state index contributed by atoms with van der Waals surface area (Å²) in [6, 6.07) is 16.1. The monoisotopic (exact) mass is 241 g/mol. The second-order valence-electron chi connectivity index (χ2n) is 4.29. The molecule has 0 atom stereocenters. The maximum atomic E-state index is 4.25. The molecule has 1 nitrogen and oxygen atoms in total. The number of benzene rings is 1. The van der Waals surface area contributed by atoms with Crippen LogP contribution < -0.4 is 0 Å². The van der Waals surface area contributed by atoms with Gasteiger partial charge in [0.15, 0.2) is 0 Å². The summed E-state index contributed by atoms with van der Waals surface area (Å²) >= 11 is 0. The normalized spacial score (nSPS) is 9.44. The fourth-order valence-corrected chi connectivity index (χ4v) is 1.64. The van der Waals surface area contributed by atoms with Gasteiger partial charge < -0.3 is 0 Å². The SMILES string of the molecule is CCCCCC.c1ccc(-c2ccccn2)cc1. The van der Waals surface area contributed by atoms with E-state index in [1.54, 1.807) is 0 Å². The highest BCUT2D eigenvalue weighted by Crippen LogP contribution is 2.14. The van der Waals surface area contributed by atoms with Crippen molar-refractivity contribution >= 4 is 0 Å². The zero-order valence-corrected chi connectivity index (χ0v) is 11.5. The molecule has 0 aliphatic carbocycles. The third kappa shape index (κ3) is 5.62. The van der Waals surface area contributed by atoms with Gasteiger partial charge in [-0.05, 0) is 12.1 Å². The summed E-state index contributed by atoms with van der Waals surface area (Å²) in [7, 11) is 0. The van der Waals surface area contributed by atoms with Gasteiger partial charge >= 0.3 is 0 Å². The fourth-order valence-electron chi connectivity index (χ4n) is 1.64. The molecular weight excluding hydrogens is 218 g/mol. The summed E-state index contributed by atoms with van der Waals surface area (Å²) in [5, 5.41) is 0. The third-order valence-electron chi connectivity index (χ3n) is 2.69. The Morgan fingerprint density at radius 1 is 0.778 bits per heavy atom. The molecule has 1 aromatic carbocycles. The molecule has 0 unspecified atom stereocenters. The van der Waals surface area contributed by atoms with E-state index in [9.17, 15) is 0 Å². The van der Waals surface area contributed by atoms with E-state index in [-0.39, 0.29) is 0 Å². The Hall–Kier alpha value is -1.63. The van der Waals surface area contributed by atoms with Gasteiger partial charge in [-0.15, -0.1) is 0 Å². The topological polar surface area (TPSA) is 12.9 Å². The molecule has 0 fully saturated rings. The summed E-state index contributed by atoms with van der Waals surface area (Å²) in [6.45, 7) is 4.46. The Kier molecular flexibility index (Phi) is 7.54. The van der Waals surface area contributed by atoms with Crippen molar-refractivity contribution < 1.29 is 0 Å². The first-order valence-electron chi connectivity index (χ1n) is 6.85. The standard InChI is InChI=1S/C11H9N.C6H14/c1-2-6-10(7-3-1)11-8-4-5-9-12-11;1-3-5-6-4-2/h1-9H;3-6H2,1-2H3. The molecule has 0 spiro atoms. The molecule has 1 heterocycles. The minimum Gasteiger partial charge on any atom is -0.256 e. The lowest BCUT2D eigenvalue weighted by atomic mass is 10.1. The maximum absolute atomic E-state index is 4.25. The zero-order chi connectivity index (χ0) is 13.1. The van der Waals surface area contributed by atoms with Crippen molar-refractivity contribution in [1.29, 1.82) is 0 Å². The van der Waals surface area contributed by atoms with Gasteiger partial charge in [0.05, 0.1) is 5.69 Å². The summed E-state index contributed by atoms with van der Waals surface area (Å²) in [4.78, 5) is 4.25. The van der Waals surface area contributed by atoms with Gasteiger partial charge in [-0.25, -0.2) is 0 Å². The van der Waals surface area contributed by atoms with Crippen molar-refractivity contribution in [3.8, 4) is 11.3 Å². The van der Waals surface area contributed by atoms with Gasteiger partial charge in [-0.1, -0.05) is 75.9 Å². The molecule has 0 aliphatic heterocycles. The van der Waals surface area contributed by atoms with Crippen molar-refractivity contribution in [2.24, 2.45) is 0 Å². The third-order valence-corrected chi connectivity index (χ3v) is 2.69. The largest absolute Gasteiger partial charge is 0.256 e. The van der Waals surface area contributed by atoms with E-state index in [0.717, 1.165) is 11.3 Å². The Morgan fingerprint density at radius 2 is 1.39 bits per heavy atom. The first kappa shape index (κ1) is 14.4. The van der Waals surface area contributed by atoms with Crippen LogP contribution in [-0.4, -0.2) is 4.98 Å². The van der Waals surface area contributed by atoms with Gasteiger partial charge in [0.1, 0.15) is 0 Å². The average Bonchev–Trinajstić information content (AvgIpc) is 2.48. The summed E-state index contributed by atoms with van der Waals surface area (Å²) in [6.07, 6.45) is 7.34. The Bertz CT molecular complexity index is 353. The van der Waals surface area contributed by atoms with Crippen LogP contribution in [0.5, 0.6) is 0 Å². The minimum atomic E-state index is 1.03. The van der Waals surface area contributed by atoms with E-state index < -0.39 is 0 Å². The number of aromatic nitrogens is 1. The first-order valence-corrected chi connectivity index (χ1v) is 6.85. The molecule has 18 heavy (non-hydrogen) atoms. The molecule has 2 rings (SSSR count). The van der Waals surface area contributed by atoms with Crippen LogP contribution in [0, 0.1) is 0 Å².